The molecule has 4 heteroatoms. The topological polar surface area (TPSA) is 43.4 Å². The van der Waals surface area contributed by atoms with E-state index in [1.165, 1.54) is 12.8 Å². The summed E-state index contributed by atoms with van der Waals surface area (Å²) in [6.45, 7) is 6.00. The highest BCUT2D eigenvalue weighted by Gasteiger charge is 2.20. The smallest absolute Gasteiger partial charge is 0.213 e. The van der Waals surface area contributed by atoms with Crippen LogP contribution in [0.15, 0.2) is 18.2 Å². The Morgan fingerprint density at radius 3 is 2.89 bits per heavy atom. The van der Waals surface area contributed by atoms with E-state index in [2.05, 4.69) is 10.3 Å². The van der Waals surface area contributed by atoms with Gasteiger partial charge in [0.2, 0.25) is 5.88 Å². The van der Waals surface area contributed by atoms with E-state index in [1.54, 1.807) is 0 Å². The van der Waals surface area contributed by atoms with E-state index in [-0.39, 0.29) is 6.10 Å². The number of ether oxygens (including phenoxy) is 2. The first-order chi connectivity index (χ1) is 8.74. The van der Waals surface area contributed by atoms with Crippen LogP contribution in [0.2, 0.25) is 0 Å². The van der Waals surface area contributed by atoms with Crippen LogP contribution in [-0.4, -0.2) is 30.3 Å². The SMILES string of the molecule is CC(C)OCCOc1cccc(CNC2CC2)n1. The average Bonchev–Trinajstić information content (AvgIpc) is 3.17. The lowest BCUT2D eigenvalue weighted by Gasteiger charge is -2.09. The summed E-state index contributed by atoms with van der Waals surface area (Å²) < 4.78 is 11.0. The van der Waals surface area contributed by atoms with Crippen LogP contribution in [-0.2, 0) is 11.3 Å². The minimum Gasteiger partial charge on any atom is -0.475 e. The van der Waals surface area contributed by atoms with Gasteiger partial charge in [0, 0.05) is 18.7 Å². The van der Waals surface area contributed by atoms with Crippen LogP contribution in [0.4, 0.5) is 0 Å². The fraction of sp³-hybridized carbons (Fsp3) is 0.643. The summed E-state index contributed by atoms with van der Waals surface area (Å²) in [7, 11) is 0. The van der Waals surface area contributed by atoms with Crippen LogP contribution in [0.5, 0.6) is 5.88 Å². The van der Waals surface area contributed by atoms with E-state index in [0.29, 0.717) is 25.1 Å². The lowest BCUT2D eigenvalue weighted by molar-refractivity contribution is 0.0542. The molecule has 0 saturated heterocycles. The minimum atomic E-state index is 0.246. The minimum absolute atomic E-state index is 0.246. The van der Waals surface area contributed by atoms with E-state index in [0.717, 1.165) is 12.2 Å². The van der Waals surface area contributed by atoms with Crippen molar-refractivity contribution in [2.75, 3.05) is 13.2 Å². The van der Waals surface area contributed by atoms with Gasteiger partial charge in [-0.25, -0.2) is 4.98 Å². The Morgan fingerprint density at radius 1 is 1.33 bits per heavy atom. The van der Waals surface area contributed by atoms with Gasteiger partial charge in [0.1, 0.15) is 6.61 Å². The maximum atomic E-state index is 5.56. The Labute approximate surface area is 109 Å². The molecule has 1 aromatic rings. The van der Waals surface area contributed by atoms with Crippen molar-refractivity contribution in [3.63, 3.8) is 0 Å². The molecule has 1 N–H and O–H groups in total. The van der Waals surface area contributed by atoms with Gasteiger partial charge < -0.3 is 14.8 Å². The zero-order valence-electron chi connectivity index (χ0n) is 11.2. The number of hydrogen-bond acceptors (Lipinski definition) is 4. The number of hydrogen-bond donors (Lipinski definition) is 1. The molecule has 0 aromatic carbocycles. The molecule has 1 aromatic heterocycles. The molecule has 0 radical (unpaired) electrons. The number of nitrogens with one attached hydrogen (secondary N) is 1. The molecule has 1 aliphatic carbocycles. The zero-order valence-corrected chi connectivity index (χ0v) is 11.2. The normalized spacial score (nSPS) is 15.1. The van der Waals surface area contributed by atoms with Crippen molar-refractivity contribution in [2.24, 2.45) is 0 Å². The van der Waals surface area contributed by atoms with Crippen LogP contribution >= 0.6 is 0 Å². The van der Waals surface area contributed by atoms with Crippen LogP contribution in [0.1, 0.15) is 32.4 Å². The van der Waals surface area contributed by atoms with Crippen LogP contribution < -0.4 is 10.1 Å². The highest BCUT2D eigenvalue weighted by atomic mass is 16.5. The van der Waals surface area contributed by atoms with Crippen molar-refractivity contribution in [3.05, 3.63) is 23.9 Å². The first-order valence-electron chi connectivity index (χ1n) is 6.68. The second-order valence-electron chi connectivity index (χ2n) is 4.89. The lowest BCUT2D eigenvalue weighted by atomic mass is 10.3. The third-order valence-corrected chi connectivity index (χ3v) is 2.71. The summed E-state index contributed by atoms with van der Waals surface area (Å²) in [4.78, 5) is 4.45. The maximum Gasteiger partial charge on any atom is 0.213 e. The van der Waals surface area contributed by atoms with Gasteiger partial charge in [-0.2, -0.15) is 0 Å². The fourth-order valence-corrected chi connectivity index (χ4v) is 1.60. The highest BCUT2D eigenvalue weighted by Crippen LogP contribution is 2.19. The lowest BCUT2D eigenvalue weighted by Crippen LogP contribution is -2.16. The molecule has 1 aliphatic rings. The predicted molar refractivity (Wildman–Crippen MR) is 70.7 cm³/mol. The van der Waals surface area contributed by atoms with Crippen molar-refractivity contribution in [2.45, 2.75) is 45.4 Å². The maximum absolute atomic E-state index is 5.56. The summed E-state index contributed by atoms with van der Waals surface area (Å²) in [6.07, 6.45) is 2.83. The van der Waals surface area contributed by atoms with Gasteiger partial charge >= 0.3 is 0 Å². The highest BCUT2D eigenvalue weighted by molar-refractivity contribution is 5.15. The molecule has 0 atom stereocenters. The number of aromatic nitrogens is 1. The molecule has 18 heavy (non-hydrogen) atoms. The summed E-state index contributed by atoms with van der Waals surface area (Å²) in [5.74, 6) is 0.678. The monoisotopic (exact) mass is 250 g/mol. The Balaban J connectivity index is 1.71. The van der Waals surface area contributed by atoms with E-state index in [4.69, 9.17) is 9.47 Å². The number of nitrogens with zero attached hydrogens (tertiary/aromatic N) is 1. The van der Waals surface area contributed by atoms with E-state index in [1.807, 2.05) is 32.0 Å². The summed E-state index contributed by atoms with van der Waals surface area (Å²) >= 11 is 0. The molecule has 0 aliphatic heterocycles. The molecular formula is C14H22N2O2. The van der Waals surface area contributed by atoms with Crippen LogP contribution in [0.3, 0.4) is 0 Å². The van der Waals surface area contributed by atoms with Crippen LogP contribution in [0, 0.1) is 0 Å². The number of rotatable bonds is 8. The predicted octanol–water partition coefficient (Wildman–Crippen LogP) is 2.14. The van der Waals surface area contributed by atoms with Crippen LogP contribution in [0.25, 0.3) is 0 Å². The second kappa shape index (κ2) is 6.71. The van der Waals surface area contributed by atoms with Crippen molar-refractivity contribution in [3.8, 4) is 5.88 Å². The zero-order chi connectivity index (χ0) is 12.8. The van der Waals surface area contributed by atoms with Crippen molar-refractivity contribution >= 4 is 0 Å². The van der Waals surface area contributed by atoms with Gasteiger partial charge in [-0.1, -0.05) is 6.07 Å². The fourth-order valence-electron chi connectivity index (χ4n) is 1.60. The molecule has 0 amide bonds. The standard InChI is InChI=1S/C14H22N2O2/c1-11(2)17-8-9-18-14-5-3-4-13(16-14)10-15-12-6-7-12/h3-5,11-12,15H,6-10H2,1-2H3. The number of pyridine rings is 1. The molecular weight excluding hydrogens is 228 g/mol. The first-order valence-corrected chi connectivity index (χ1v) is 6.68. The van der Waals surface area contributed by atoms with Crippen molar-refractivity contribution < 1.29 is 9.47 Å². The molecule has 1 fully saturated rings. The van der Waals surface area contributed by atoms with E-state index < -0.39 is 0 Å². The van der Waals surface area contributed by atoms with E-state index in [9.17, 15) is 0 Å². The van der Waals surface area contributed by atoms with Gasteiger partial charge in [-0.3, -0.25) is 0 Å². The molecule has 2 rings (SSSR count). The Morgan fingerprint density at radius 2 is 2.17 bits per heavy atom. The summed E-state index contributed by atoms with van der Waals surface area (Å²) in [6, 6.07) is 6.59. The third kappa shape index (κ3) is 5.02. The molecule has 1 saturated carbocycles. The Hall–Kier alpha value is -1.13. The molecule has 100 valence electrons. The molecule has 4 nitrogen and oxygen atoms in total. The molecule has 0 bridgehead atoms. The van der Waals surface area contributed by atoms with Crippen molar-refractivity contribution in [1.82, 2.24) is 10.3 Å². The summed E-state index contributed by atoms with van der Waals surface area (Å²) in [5, 5.41) is 3.44. The quantitative estimate of drug-likeness (QED) is 0.718. The molecule has 1 heterocycles. The third-order valence-electron chi connectivity index (χ3n) is 2.71. The largest absolute Gasteiger partial charge is 0.475 e. The molecule has 0 unspecified atom stereocenters. The van der Waals surface area contributed by atoms with Gasteiger partial charge in [-0.15, -0.1) is 0 Å². The first kappa shape index (κ1) is 13.3. The Kier molecular flexibility index (Phi) is 4.96. The molecule has 0 spiro atoms. The van der Waals surface area contributed by atoms with Crippen molar-refractivity contribution in [1.29, 1.82) is 0 Å². The van der Waals surface area contributed by atoms with E-state index >= 15 is 0 Å². The second-order valence-corrected chi connectivity index (χ2v) is 4.89. The summed E-state index contributed by atoms with van der Waals surface area (Å²) in [5.41, 5.74) is 1.03. The van der Waals surface area contributed by atoms with Gasteiger partial charge in [-0.05, 0) is 32.8 Å². The van der Waals surface area contributed by atoms with Gasteiger partial charge in [0.05, 0.1) is 18.4 Å². The average molecular weight is 250 g/mol. The van der Waals surface area contributed by atoms with Gasteiger partial charge in [0.15, 0.2) is 0 Å². The Bertz CT molecular complexity index is 365. The van der Waals surface area contributed by atoms with Gasteiger partial charge in [0.25, 0.3) is 0 Å².